The largest absolute Gasteiger partial charge is 0.497 e. The average Bonchev–Trinajstić information content (AvgIpc) is 4.19. The lowest BCUT2D eigenvalue weighted by molar-refractivity contribution is 0.0583. The second kappa shape index (κ2) is 29.3. The number of carbonyl (C=O) groups is 4. The second-order valence-electron chi connectivity index (χ2n) is 18.1. The Morgan fingerprint density at radius 2 is 0.873 bits per heavy atom. The van der Waals surface area contributed by atoms with E-state index in [1.807, 2.05) is 151 Å². The third-order valence-electron chi connectivity index (χ3n) is 12.0. The van der Waals surface area contributed by atoms with Gasteiger partial charge >= 0.3 is 11.9 Å². The Kier molecular flexibility index (Phi) is 22.1. The van der Waals surface area contributed by atoms with Crippen molar-refractivity contribution >= 4 is 39.4 Å². The highest BCUT2D eigenvalue weighted by Gasteiger charge is 2.27. The quantitative estimate of drug-likeness (QED) is 0.0412. The fourth-order valence-electron chi connectivity index (χ4n) is 8.34. The number of benzene rings is 6. The number of aromatic amines is 1. The highest BCUT2D eigenvalue weighted by molar-refractivity contribution is 9.09. The zero-order valence-corrected chi connectivity index (χ0v) is 47.8. The molecule has 0 spiro atoms. The van der Waals surface area contributed by atoms with Crippen molar-refractivity contribution in [3.05, 3.63) is 181 Å². The smallest absolute Gasteiger partial charge is 0.355 e. The van der Waals surface area contributed by atoms with Gasteiger partial charge in [-0.15, -0.1) is 0 Å². The van der Waals surface area contributed by atoms with E-state index in [-0.39, 0.29) is 30.3 Å². The van der Waals surface area contributed by atoms with Crippen LogP contribution in [0.15, 0.2) is 158 Å². The molecule has 14 nitrogen and oxygen atoms in total. The number of methoxy groups -OCH3 is 4. The molecule has 0 radical (unpaired) electrons. The Morgan fingerprint density at radius 1 is 0.481 bits per heavy atom. The lowest BCUT2D eigenvalue weighted by Gasteiger charge is -2.12. The number of nitrogens with one attached hydrogen (secondary N) is 1. The summed E-state index contributed by atoms with van der Waals surface area (Å²) in [6.45, 7) is 12.9. The molecule has 0 bridgehead atoms. The Labute approximate surface area is 470 Å². The van der Waals surface area contributed by atoms with E-state index in [0.29, 0.717) is 52.4 Å². The van der Waals surface area contributed by atoms with Crippen molar-refractivity contribution < 1.29 is 57.1 Å². The zero-order valence-electron chi connectivity index (χ0n) is 46.2. The van der Waals surface area contributed by atoms with Crippen molar-refractivity contribution in [3.8, 4) is 79.0 Å². The minimum absolute atomic E-state index is 0.0463. The lowest BCUT2D eigenvalue weighted by Crippen LogP contribution is -2.16. The molecule has 8 aromatic rings. The van der Waals surface area contributed by atoms with Gasteiger partial charge < -0.3 is 47.4 Å². The minimum atomic E-state index is -0.535. The molecule has 0 saturated carbocycles. The number of hydrogen-bond donors (Lipinski definition) is 1. The minimum Gasteiger partial charge on any atom is -0.497 e. The number of alkyl halides is 1. The Hall–Kier alpha value is -8.56. The number of hydrogen-bond acceptors (Lipinski definition) is 12. The summed E-state index contributed by atoms with van der Waals surface area (Å²) in [7, 11) is 5.89. The number of rotatable bonds is 21. The van der Waals surface area contributed by atoms with E-state index in [4.69, 9.17) is 37.9 Å². The highest BCUT2D eigenvalue weighted by Crippen LogP contribution is 2.40. The van der Waals surface area contributed by atoms with E-state index in [0.717, 1.165) is 67.7 Å². The van der Waals surface area contributed by atoms with Crippen molar-refractivity contribution in [2.75, 3.05) is 47.0 Å². The zero-order chi connectivity index (χ0) is 57.0. The van der Waals surface area contributed by atoms with E-state index >= 15 is 0 Å². The number of esters is 2. The molecule has 1 N–H and O–H groups in total. The molecule has 0 aliphatic carbocycles. The van der Waals surface area contributed by atoms with Gasteiger partial charge in [-0.2, -0.15) is 0 Å². The number of aromatic nitrogens is 2. The topological polar surface area (TPSA) is 163 Å². The number of ether oxygens (including phenoxy) is 8. The van der Waals surface area contributed by atoms with Crippen LogP contribution < -0.4 is 28.4 Å². The van der Waals surface area contributed by atoms with Gasteiger partial charge in [-0.25, -0.2) is 9.59 Å². The van der Waals surface area contributed by atoms with Crippen LogP contribution in [-0.2, 0) is 16.0 Å². The molecule has 8 rings (SSSR count). The molecule has 0 atom stereocenters. The van der Waals surface area contributed by atoms with Crippen molar-refractivity contribution in [1.29, 1.82) is 0 Å². The van der Waals surface area contributed by atoms with Gasteiger partial charge in [-0.3, -0.25) is 9.59 Å². The SMILES string of the molecule is CCOc1ccc(-c2c(-c3ccc(OC(C)C)cc3)c[nH]c2C(=O)OC)cc1.CCOc1ccc(-c2c(-c3ccc(OC(C)C)cc3)cn(CC(=O)c3ccc(OC)cc3)c2C(=O)OC)cc1.COc1ccc(C(=O)CBr)cc1. The summed E-state index contributed by atoms with van der Waals surface area (Å²) in [6.07, 6.45) is 3.82. The molecule has 6 aromatic carbocycles. The predicted molar refractivity (Wildman–Crippen MR) is 312 cm³/mol. The first-order chi connectivity index (χ1) is 38.1. The second-order valence-corrected chi connectivity index (χ2v) is 18.6. The molecular weight excluding hydrogens is 1070 g/mol. The number of ketones is 2. The summed E-state index contributed by atoms with van der Waals surface area (Å²) in [4.78, 5) is 53.0. The molecule has 0 unspecified atom stereocenters. The van der Waals surface area contributed by atoms with Crippen molar-refractivity contribution in [2.45, 2.75) is 60.3 Å². The van der Waals surface area contributed by atoms with E-state index in [1.54, 1.807) is 67.3 Å². The van der Waals surface area contributed by atoms with Crippen molar-refractivity contribution in [3.63, 3.8) is 0 Å². The molecule has 0 aliphatic rings. The molecule has 2 aromatic heterocycles. The molecule has 0 amide bonds. The maximum Gasteiger partial charge on any atom is 0.355 e. The van der Waals surface area contributed by atoms with Gasteiger partial charge in [0.25, 0.3) is 0 Å². The maximum absolute atomic E-state index is 13.3. The lowest BCUT2D eigenvalue weighted by atomic mass is 9.96. The summed E-state index contributed by atoms with van der Waals surface area (Å²) in [6, 6.07) is 44.7. The van der Waals surface area contributed by atoms with Crippen LogP contribution in [0.2, 0.25) is 0 Å². The van der Waals surface area contributed by atoms with Gasteiger partial charge in [-0.1, -0.05) is 64.5 Å². The summed E-state index contributed by atoms with van der Waals surface area (Å²) in [5.41, 5.74) is 8.66. The van der Waals surface area contributed by atoms with E-state index in [1.165, 1.54) is 14.2 Å². The summed E-state index contributed by atoms with van der Waals surface area (Å²) in [5, 5.41) is 0.360. The van der Waals surface area contributed by atoms with Crippen LogP contribution in [0, 0.1) is 0 Å². The normalized spacial score (nSPS) is 10.6. The maximum atomic E-state index is 13.3. The van der Waals surface area contributed by atoms with Crippen molar-refractivity contribution in [2.24, 2.45) is 0 Å². The number of nitrogens with zero attached hydrogens (tertiary/aromatic N) is 1. The van der Waals surface area contributed by atoms with E-state index < -0.39 is 11.9 Å². The molecule has 0 saturated heterocycles. The molecule has 79 heavy (non-hydrogen) atoms. The van der Waals surface area contributed by atoms with Crippen LogP contribution in [0.5, 0.6) is 34.5 Å². The molecule has 412 valence electrons. The Bertz CT molecular complexity index is 3230. The fraction of sp³-hybridized carbons (Fsp3) is 0.250. The van der Waals surface area contributed by atoms with Gasteiger partial charge in [-0.05, 0) is 161 Å². The van der Waals surface area contributed by atoms with Crippen molar-refractivity contribution in [1.82, 2.24) is 9.55 Å². The van der Waals surface area contributed by atoms with E-state index in [2.05, 4.69) is 20.9 Å². The first kappa shape index (κ1) is 59.7. The van der Waals surface area contributed by atoms with Crippen LogP contribution in [0.25, 0.3) is 44.5 Å². The van der Waals surface area contributed by atoms with Crippen LogP contribution in [0.1, 0.15) is 83.2 Å². The molecule has 2 heterocycles. The summed E-state index contributed by atoms with van der Waals surface area (Å²) < 4.78 is 44.7. The van der Waals surface area contributed by atoms with Gasteiger partial charge in [0.2, 0.25) is 0 Å². The molecular formula is C64H67BrN2O12. The van der Waals surface area contributed by atoms with Crippen LogP contribution in [-0.4, -0.2) is 92.2 Å². The molecule has 0 aliphatic heterocycles. The average molecular weight is 1140 g/mol. The monoisotopic (exact) mass is 1130 g/mol. The highest BCUT2D eigenvalue weighted by atomic mass is 79.9. The van der Waals surface area contributed by atoms with Gasteiger partial charge in [0.15, 0.2) is 11.6 Å². The fourth-order valence-corrected chi connectivity index (χ4v) is 8.66. The van der Waals surface area contributed by atoms with Gasteiger partial charge in [0, 0.05) is 45.8 Å². The van der Waals surface area contributed by atoms with E-state index in [9.17, 15) is 19.2 Å². The summed E-state index contributed by atoms with van der Waals surface area (Å²) >= 11 is 3.11. The third-order valence-corrected chi connectivity index (χ3v) is 12.5. The standard InChI is InChI=1S/C32H33NO6.C23H25NO4.C9H9BrO2/c1-6-38-26-15-11-24(12-16-26)30-28(22-7-17-27(18-8-22)39-21(2)3)19-33(31(30)32(35)37-5)20-29(34)23-9-13-25(36-4)14-10-23;1-5-27-18-10-8-17(9-11-18)21-20(14-24-22(21)23(25)26-4)16-6-12-19(13-7-16)28-15(2)3;1-12-8-4-2-7(3-5-8)9(11)6-10/h7-19,21H,6,20H2,1-5H3;6-15,24H,5H2,1-4H3;2-5H,6H2,1H3. The van der Waals surface area contributed by atoms with Crippen LogP contribution in [0.3, 0.4) is 0 Å². The first-order valence-electron chi connectivity index (χ1n) is 25.7. The predicted octanol–water partition coefficient (Wildman–Crippen LogP) is 14.3. The summed E-state index contributed by atoms with van der Waals surface area (Å²) in [5.74, 6) is 3.49. The first-order valence-corrected chi connectivity index (χ1v) is 26.8. The van der Waals surface area contributed by atoms with Crippen LogP contribution >= 0.6 is 15.9 Å². The van der Waals surface area contributed by atoms with Crippen LogP contribution in [0.4, 0.5) is 0 Å². The van der Waals surface area contributed by atoms with Gasteiger partial charge in [0.1, 0.15) is 45.9 Å². The number of Topliss-reactive ketones (excluding diaryl/α,β-unsaturated/α-hetero) is 2. The number of carbonyl (C=O) groups excluding carboxylic acids is 4. The Morgan fingerprint density at radius 3 is 1.28 bits per heavy atom. The Balaban J connectivity index is 0.000000218. The number of H-pyrrole nitrogens is 1. The van der Waals surface area contributed by atoms with Gasteiger partial charge in [0.05, 0.1) is 65.7 Å². The molecule has 15 heteroatoms. The number of halogens is 1. The molecule has 0 fully saturated rings. The third kappa shape index (κ3) is 16.0.